The number of benzene rings is 1. The summed E-state index contributed by atoms with van der Waals surface area (Å²) < 4.78 is 0. The molecule has 1 amide bonds. The second-order valence-corrected chi connectivity index (χ2v) is 4.49. The molecule has 1 aromatic heterocycles. The van der Waals surface area contributed by atoms with E-state index in [2.05, 4.69) is 15.3 Å². The Hall–Kier alpha value is -2.30. The van der Waals surface area contributed by atoms with Crippen molar-refractivity contribution in [2.45, 2.75) is 19.8 Å². The van der Waals surface area contributed by atoms with E-state index in [1.807, 2.05) is 13.0 Å². The molecule has 1 aromatic carbocycles. The van der Waals surface area contributed by atoms with Gasteiger partial charge in [-0.1, -0.05) is 11.6 Å². The zero-order valence-corrected chi connectivity index (χ0v) is 10.9. The van der Waals surface area contributed by atoms with Crippen LogP contribution in [0.15, 0.2) is 30.6 Å². The predicted molar refractivity (Wildman–Crippen MR) is 74.8 cm³/mol. The maximum absolute atomic E-state index is 12.0. The number of aromatic amines is 1. The van der Waals surface area contributed by atoms with Crippen molar-refractivity contribution in [3.05, 3.63) is 47.5 Å². The van der Waals surface area contributed by atoms with Crippen molar-refractivity contribution in [2.24, 2.45) is 0 Å². The number of aryl methyl sites for hydroxylation is 2. The number of imidazole rings is 1. The van der Waals surface area contributed by atoms with Crippen LogP contribution in [-0.4, -0.2) is 22.4 Å². The lowest BCUT2D eigenvalue weighted by molar-refractivity contribution is 0.0954. The van der Waals surface area contributed by atoms with Gasteiger partial charge in [-0.3, -0.25) is 4.79 Å². The van der Waals surface area contributed by atoms with Gasteiger partial charge >= 0.3 is 0 Å². The molecule has 2 rings (SSSR count). The van der Waals surface area contributed by atoms with Crippen molar-refractivity contribution in [1.29, 1.82) is 0 Å². The summed E-state index contributed by atoms with van der Waals surface area (Å²) in [5.41, 5.74) is 7.87. The molecule has 100 valence electrons. The Morgan fingerprint density at radius 2 is 2.32 bits per heavy atom. The molecule has 5 nitrogen and oxygen atoms in total. The Labute approximate surface area is 112 Å². The molecule has 0 saturated heterocycles. The van der Waals surface area contributed by atoms with E-state index in [1.54, 1.807) is 24.5 Å². The smallest absolute Gasteiger partial charge is 0.253 e. The average molecular weight is 258 g/mol. The Bertz CT molecular complexity index is 549. The molecule has 0 aliphatic carbocycles. The van der Waals surface area contributed by atoms with Crippen LogP contribution in [0.5, 0.6) is 0 Å². The molecular formula is C14H18N4O. The summed E-state index contributed by atoms with van der Waals surface area (Å²) in [5.74, 6) is 0.810. The van der Waals surface area contributed by atoms with Crippen LogP contribution in [0, 0.1) is 6.92 Å². The van der Waals surface area contributed by atoms with E-state index >= 15 is 0 Å². The topological polar surface area (TPSA) is 83.8 Å². The summed E-state index contributed by atoms with van der Waals surface area (Å²) in [4.78, 5) is 19.1. The van der Waals surface area contributed by atoms with E-state index in [9.17, 15) is 4.79 Å². The molecule has 0 bridgehead atoms. The molecule has 1 heterocycles. The minimum atomic E-state index is -0.124. The number of carbonyl (C=O) groups is 1. The summed E-state index contributed by atoms with van der Waals surface area (Å²) in [7, 11) is 0. The van der Waals surface area contributed by atoms with Gasteiger partial charge in [-0.05, 0) is 25.5 Å². The monoisotopic (exact) mass is 258 g/mol. The van der Waals surface area contributed by atoms with Crippen LogP contribution in [-0.2, 0) is 6.42 Å². The lowest BCUT2D eigenvalue weighted by atomic mass is 10.1. The molecule has 0 aliphatic rings. The van der Waals surface area contributed by atoms with Gasteiger partial charge in [0, 0.05) is 31.0 Å². The van der Waals surface area contributed by atoms with Gasteiger partial charge in [0.25, 0.3) is 5.91 Å². The molecule has 5 heteroatoms. The molecule has 0 atom stereocenters. The van der Waals surface area contributed by atoms with Gasteiger partial charge in [0.2, 0.25) is 0 Å². The number of rotatable bonds is 5. The maximum atomic E-state index is 12.0. The van der Waals surface area contributed by atoms with Crippen LogP contribution in [0.25, 0.3) is 0 Å². The average Bonchev–Trinajstić information content (AvgIpc) is 2.90. The number of nitrogens with one attached hydrogen (secondary N) is 2. The minimum Gasteiger partial charge on any atom is -0.398 e. The minimum absolute atomic E-state index is 0.124. The normalized spacial score (nSPS) is 10.4. The van der Waals surface area contributed by atoms with Crippen molar-refractivity contribution >= 4 is 11.6 Å². The third kappa shape index (κ3) is 3.58. The lowest BCUT2D eigenvalue weighted by Gasteiger charge is -2.08. The molecule has 19 heavy (non-hydrogen) atoms. The number of anilines is 1. The van der Waals surface area contributed by atoms with Crippen molar-refractivity contribution in [3.63, 3.8) is 0 Å². The Morgan fingerprint density at radius 1 is 1.47 bits per heavy atom. The Kier molecular flexibility index (Phi) is 4.18. The number of hydrogen-bond acceptors (Lipinski definition) is 3. The number of H-pyrrole nitrogens is 1. The third-order valence-electron chi connectivity index (χ3n) is 2.88. The molecule has 0 unspecified atom stereocenters. The van der Waals surface area contributed by atoms with Crippen LogP contribution >= 0.6 is 0 Å². The van der Waals surface area contributed by atoms with Crippen molar-refractivity contribution in [3.8, 4) is 0 Å². The van der Waals surface area contributed by atoms with Gasteiger partial charge in [-0.2, -0.15) is 0 Å². The highest BCUT2D eigenvalue weighted by molar-refractivity contribution is 5.99. The van der Waals surface area contributed by atoms with E-state index in [-0.39, 0.29) is 5.91 Å². The molecule has 0 saturated carbocycles. The second kappa shape index (κ2) is 6.04. The molecule has 0 fully saturated rings. The van der Waals surface area contributed by atoms with E-state index in [4.69, 9.17) is 5.73 Å². The summed E-state index contributed by atoms with van der Waals surface area (Å²) in [5, 5.41) is 2.87. The quantitative estimate of drug-likeness (QED) is 0.563. The first-order valence-corrected chi connectivity index (χ1v) is 6.29. The molecule has 4 N–H and O–H groups in total. The summed E-state index contributed by atoms with van der Waals surface area (Å²) in [6.45, 7) is 2.54. The fourth-order valence-electron chi connectivity index (χ4n) is 1.85. The number of hydrogen-bond donors (Lipinski definition) is 3. The highest BCUT2D eigenvalue weighted by Gasteiger charge is 2.09. The summed E-state index contributed by atoms with van der Waals surface area (Å²) in [6, 6.07) is 5.45. The molecular weight excluding hydrogens is 240 g/mol. The van der Waals surface area contributed by atoms with Gasteiger partial charge in [0.05, 0.1) is 5.56 Å². The van der Waals surface area contributed by atoms with E-state index in [1.165, 1.54) is 0 Å². The van der Waals surface area contributed by atoms with E-state index in [0.29, 0.717) is 17.8 Å². The lowest BCUT2D eigenvalue weighted by Crippen LogP contribution is -2.25. The highest BCUT2D eigenvalue weighted by Crippen LogP contribution is 2.13. The highest BCUT2D eigenvalue weighted by atomic mass is 16.1. The summed E-state index contributed by atoms with van der Waals surface area (Å²) in [6.07, 6.45) is 5.17. The standard InChI is InChI=1S/C14H18N4O/c1-10-4-5-12(15)11(9-10)14(19)18-6-2-3-13-16-7-8-17-13/h4-5,7-9H,2-3,6,15H2,1H3,(H,16,17)(H,18,19). The van der Waals surface area contributed by atoms with Crippen LogP contribution in [0.1, 0.15) is 28.2 Å². The number of amides is 1. The van der Waals surface area contributed by atoms with Gasteiger partial charge in [0.1, 0.15) is 5.82 Å². The zero-order chi connectivity index (χ0) is 13.7. The Balaban J connectivity index is 1.82. The largest absolute Gasteiger partial charge is 0.398 e. The first-order valence-electron chi connectivity index (χ1n) is 6.29. The van der Waals surface area contributed by atoms with Crippen LogP contribution in [0.3, 0.4) is 0 Å². The molecule has 0 radical (unpaired) electrons. The number of carbonyl (C=O) groups excluding carboxylic acids is 1. The first kappa shape index (κ1) is 13.1. The second-order valence-electron chi connectivity index (χ2n) is 4.49. The fourth-order valence-corrected chi connectivity index (χ4v) is 1.85. The maximum Gasteiger partial charge on any atom is 0.253 e. The number of aromatic nitrogens is 2. The summed E-state index contributed by atoms with van der Waals surface area (Å²) >= 11 is 0. The number of nitrogens with zero attached hydrogens (tertiary/aromatic N) is 1. The van der Waals surface area contributed by atoms with Gasteiger partial charge in [0.15, 0.2) is 0 Å². The molecule has 0 spiro atoms. The SMILES string of the molecule is Cc1ccc(N)c(C(=O)NCCCc2ncc[nH]2)c1. The van der Waals surface area contributed by atoms with Gasteiger partial charge in [-0.25, -0.2) is 4.98 Å². The van der Waals surface area contributed by atoms with Crippen LogP contribution in [0.2, 0.25) is 0 Å². The van der Waals surface area contributed by atoms with Crippen LogP contribution in [0.4, 0.5) is 5.69 Å². The van der Waals surface area contributed by atoms with Gasteiger partial charge < -0.3 is 16.0 Å². The molecule has 2 aromatic rings. The zero-order valence-electron chi connectivity index (χ0n) is 10.9. The number of nitrogens with two attached hydrogens (primary N) is 1. The van der Waals surface area contributed by atoms with E-state index in [0.717, 1.165) is 24.2 Å². The third-order valence-corrected chi connectivity index (χ3v) is 2.88. The van der Waals surface area contributed by atoms with Crippen molar-refractivity contribution < 1.29 is 4.79 Å². The van der Waals surface area contributed by atoms with Gasteiger partial charge in [-0.15, -0.1) is 0 Å². The number of nitrogen functional groups attached to an aromatic ring is 1. The predicted octanol–water partition coefficient (Wildman–Crippen LogP) is 1.66. The van der Waals surface area contributed by atoms with Crippen molar-refractivity contribution in [1.82, 2.24) is 15.3 Å². The Morgan fingerprint density at radius 3 is 3.05 bits per heavy atom. The van der Waals surface area contributed by atoms with Crippen molar-refractivity contribution in [2.75, 3.05) is 12.3 Å². The first-order chi connectivity index (χ1) is 9.16. The van der Waals surface area contributed by atoms with Crippen LogP contribution < -0.4 is 11.1 Å². The van der Waals surface area contributed by atoms with E-state index < -0.39 is 0 Å². The molecule has 0 aliphatic heterocycles. The fraction of sp³-hybridized carbons (Fsp3) is 0.286.